The molecule has 1 aliphatic rings. The number of aromatic carboxylic acids is 1. The van der Waals surface area contributed by atoms with Gasteiger partial charge in [0.15, 0.2) is 0 Å². The molecule has 3 aromatic carbocycles. The van der Waals surface area contributed by atoms with Gasteiger partial charge in [-0.05, 0) is 47.0 Å². The van der Waals surface area contributed by atoms with Gasteiger partial charge < -0.3 is 14.7 Å². The minimum absolute atomic E-state index is 0.0499. The summed E-state index contributed by atoms with van der Waals surface area (Å²) in [5, 5.41) is 9.74. The molecule has 34 heavy (non-hydrogen) atoms. The first-order valence-electron chi connectivity index (χ1n) is 11.2. The van der Waals surface area contributed by atoms with Gasteiger partial charge in [0.05, 0.1) is 18.7 Å². The molecule has 1 N–H and O–H groups in total. The van der Waals surface area contributed by atoms with Crippen molar-refractivity contribution in [2.75, 3.05) is 18.0 Å². The number of anilines is 1. The van der Waals surface area contributed by atoms with E-state index in [9.17, 15) is 9.90 Å². The van der Waals surface area contributed by atoms with Gasteiger partial charge in [-0.1, -0.05) is 66.7 Å². The van der Waals surface area contributed by atoms with Crippen molar-refractivity contribution in [1.29, 1.82) is 0 Å². The zero-order valence-electron chi connectivity index (χ0n) is 18.5. The van der Waals surface area contributed by atoms with E-state index in [1.54, 1.807) is 18.3 Å². The molecule has 1 aliphatic heterocycles. The number of carboxylic acid groups (broad SMARTS) is 1. The number of aromatic nitrogens is 1. The Morgan fingerprint density at radius 1 is 0.882 bits per heavy atom. The molecule has 0 aliphatic carbocycles. The fourth-order valence-electron chi connectivity index (χ4n) is 4.12. The second kappa shape index (κ2) is 9.63. The van der Waals surface area contributed by atoms with Crippen molar-refractivity contribution >= 4 is 23.8 Å². The molecule has 1 fully saturated rings. The Bertz CT molecular complexity index is 1300. The minimum Gasteiger partial charge on any atom is -0.487 e. The molecule has 1 aromatic heterocycles. The van der Waals surface area contributed by atoms with Crippen LogP contribution in [-0.2, 0) is 0 Å². The Morgan fingerprint density at radius 3 is 2.35 bits per heavy atom. The van der Waals surface area contributed by atoms with Crippen molar-refractivity contribution in [1.82, 2.24) is 4.98 Å². The number of carbonyl (C=O) groups is 1. The lowest BCUT2D eigenvalue weighted by Gasteiger charge is -2.41. The normalized spacial score (nSPS) is 13.6. The van der Waals surface area contributed by atoms with Gasteiger partial charge in [0.2, 0.25) is 0 Å². The van der Waals surface area contributed by atoms with Crippen molar-refractivity contribution < 1.29 is 14.6 Å². The van der Waals surface area contributed by atoms with Crippen LogP contribution in [0.4, 0.5) is 5.69 Å². The zero-order valence-corrected chi connectivity index (χ0v) is 18.5. The summed E-state index contributed by atoms with van der Waals surface area (Å²) in [6.07, 6.45) is 7.71. The monoisotopic (exact) mass is 448 g/mol. The Kier molecular flexibility index (Phi) is 6.08. The average Bonchev–Trinajstić information content (AvgIpc) is 2.86. The summed E-state index contributed by atoms with van der Waals surface area (Å²) in [5.41, 5.74) is 5.02. The predicted molar refractivity (Wildman–Crippen MR) is 135 cm³/mol. The van der Waals surface area contributed by atoms with Crippen molar-refractivity contribution in [3.05, 3.63) is 114 Å². The van der Waals surface area contributed by atoms with Crippen LogP contribution in [-0.4, -0.2) is 35.3 Å². The largest absolute Gasteiger partial charge is 0.487 e. The molecule has 2 heterocycles. The van der Waals surface area contributed by atoms with Crippen LogP contribution in [0.5, 0.6) is 5.75 Å². The number of benzene rings is 3. The van der Waals surface area contributed by atoms with E-state index in [2.05, 4.69) is 9.88 Å². The van der Waals surface area contributed by atoms with Gasteiger partial charge in [-0.25, -0.2) is 4.79 Å². The van der Waals surface area contributed by atoms with Gasteiger partial charge in [-0.15, -0.1) is 0 Å². The van der Waals surface area contributed by atoms with Crippen molar-refractivity contribution in [2.24, 2.45) is 0 Å². The lowest BCUT2D eigenvalue weighted by atomic mass is 9.95. The molecule has 5 heteroatoms. The molecule has 5 rings (SSSR count). The summed E-state index contributed by atoms with van der Waals surface area (Å²) in [6, 6.07) is 27.1. The topological polar surface area (TPSA) is 62.7 Å². The molecule has 0 amide bonds. The Labute approximate surface area is 198 Å². The van der Waals surface area contributed by atoms with Crippen LogP contribution in [0.15, 0.2) is 97.3 Å². The third-order valence-corrected chi connectivity index (χ3v) is 5.86. The van der Waals surface area contributed by atoms with Crippen LogP contribution in [0.1, 0.15) is 21.5 Å². The van der Waals surface area contributed by atoms with E-state index < -0.39 is 5.97 Å². The Hall–Kier alpha value is -4.38. The number of rotatable bonds is 7. The second-order valence-electron chi connectivity index (χ2n) is 8.20. The van der Waals surface area contributed by atoms with Crippen LogP contribution in [0, 0.1) is 0 Å². The van der Waals surface area contributed by atoms with Crippen LogP contribution in [0.25, 0.3) is 23.3 Å². The number of carboxylic acids is 1. The maximum absolute atomic E-state index is 11.9. The number of hydrogen-bond acceptors (Lipinski definition) is 4. The van der Waals surface area contributed by atoms with E-state index in [0.29, 0.717) is 18.7 Å². The molecule has 4 aromatic rings. The highest BCUT2D eigenvalue weighted by atomic mass is 16.5. The van der Waals surface area contributed by atoms with Crippen LogP contribution in [0.2, 0.25) is 0 Å². The third kappa shape index (κ3) is 4.69. The second-order valence-corrected chi connectivity index (χ2v) is 8.20. The molecular formula is C29H24N2O3. The molecule has 0 unspecified atom stereocenters. The Balaban J connectivity index is 1.25. The van der Waals surface area contributed by atoms with E-state index in [-0.39, 0.29) is 6.10 Å². The average molecular weight is 449 g/mol. The smallest absolute Gasteiger partial charge is 0.336 e. The van der Waals surface area contributed by atoms with E-state index in [1.807, 2.05) is 91.1 Å². The van der Waals surface area contributed by atoms with Gasteiger partial charge in [0, 0.05) is 23.6 Å². The lowest BCUT2D eigenvalue weighted by Crippen LogP contribution is -2.54. The van der Waals surface area contributed by atoms with Gasteiger partial charge >= 0.3 is 5.97 Å². The highest BCUT2D eigenvalue weighted by Crippen LogP contribution is 2.37. The SMILES string of the molecule is O=C(O)c1cccc(N2CC(Oc3ccc(/C=C/c4cccnc4)cc3)C2)c1-c1ccccc1. The van der Waals surface area contributed by atoms with Gasteiger partial charge in [-0.2, -0.15) is 0 Å². The number of pyridine rings is 1. The van der Waals surface area contributed by atoms with E-state index in [1.165, 1.54) is 0 Å². The van der Waals surface area contributed by atoms with Crippen molar-refractivity contribution in [2.45, 2.75) is 6.10 Å². The zero-order chi connectivity index (χ0) is 23.3. The summed E-state index contributed by atoms with van der Waals surface area (Å²) in [4.78, 5) is 18.2. The number of nitrogens with zero attached hydrogens (tertiary/aromatic N) is 2. The first kappa shape index (κ1) is 21.5. The molecule has 5 nitrogen and oxygen atoms in total. The summed E-state index contributed by atoms with van der Waals surface area (Å²) in [7, 11) is 0. The molecule has 0 atom stereocenters. The molecule has 0 radical (unpaired) electrons. The first-order chi connectivity index (χ1) is 16.7. The Morgan fingerprint density at radius 2 is 1.65 bits per heavy atom. The standard InChI is InChI=1S/C29H24N2O3/c32-29(33)26-9-4-10-27(28(26)23-7-2-1-3-8-23)31-19-25(20-31)34-24-15-13-21(14-16-24)11-12-22-6-5-17-30-18-22/h1-18,25H,19-20H2,(H,32,33)/b12-11+. The van der Waals surface area contributed by atoms with Crippen molar-refractivity contribution in [3.63, 3.8) is 0 Å². The predicted octanol–water partition coefficient (Wildman–Crippen LogP) is 5.88. The van der Waals surface area contributed by atoms with E-state index >= 15 is 0 Å². The van der Waals surface area contributed by atoms with Crippen LogP contribution < -0.4 is 9.64 Å². The molecular weight excluding hydrogens is 424 g/mol. The van der Waals surface area contributed by atoms with Crippen LogP contribution in [0.3, 0.4) is 0 Å². The maximum atomic E-state index is 11.9. The number of hydrogen-bond donors (Lipinski definition) is 1. The highest BCUT2D eigenvalue weighted by molar-refractivity contribution is 6.00. The summed E-state index contributed by atoms with van der Waals surface area (Å²) in [6.45, 7) is 1.40. The van der Waals surface area contributed by atoms with E-state index in [0.717, 1.165) is 33.7 Å². The molecule has 0 bridgehead atoms. The third-order valence-electron chi connectivity index (χ3n) is 5.86. The summed E-state index contributed by atoms with van der Waals surface area (Å²) >= 11 is 0. The van der Waals surface area contributed by atoms with Crippen molar-refractivity contribution in [3.8, 4) is 16.9 Å². The fourth-order valence-corrected chi connectivity index (χ4v) is 4.12. The molecule has 1 saturated heterocycles. The first-order valence-corrected chi connectivity index (χ1v) is 11.2. The molecule has 0 saturated carbocycles. The number of ether oxygens (including phenoxy) is 1. The summed E-state index contributed by atoms with van der Waals surface area (Å²) < 4.78 is 6.15. The summed E-state index contributed by atoms with van der Waals surface area (Å²) in [5.74, 6) is -0.0996. The van der Waals surface area contributed by atoms with Gasteiger partial charge in [-0.3, -0.25) is 4.98 Å². The fraction of sp³-hybridized carbons (Fsp3) is 0.103. The van der Waals surface area contributed by atoms with Crippen LogP contribution >= 0.6 is 0 Å². The van der Waals surface area contributed by atoms with Gasteiger partial charge in [0.25, 0.3) is 0 Å². The van der Waals surface area contributed by atoms with E-state index in [4.69, 9.17) is 4.74 Å². The minimum atomic E-state index is -0.924. The lowest BCUT2D eigenvalue weighted by molar-refractivity contribution is 0.0697. The highest BCUT2D eigenvalue weighted by Gasteiger charge is 2.31. The molecule has 0 spiro atoms. The van der Waals surface area contributed by atoms with Gasteiger partial charge in [0.1, 0.15) is 11.9 Å². The molecule has 168 valence electrons. The quantitative estimate of drug-likeness (QED) is 0.382. The maximum Gasteiger partial charge on any atom is 0.336 e.